The van der Waals surface area contributed by atoms with Gasteiger partial charge in [0, 0.05) is 24.0 Å². The molecule has 5 nitrogen and oxygen atoms in total. The van der Waals surface area contributed by atoms with Crippen LogP contribution >= 0.6 is 0 Å². The Bertz CT molecular complexity index is 979. The Morgan fingerprint density at radius 2 is 1.48 bits per heavy atom. The molecule has 1 amide bonds. The molecule has 0 spiro atoms. The number of amides is 1. The lowest BCUT2D eigenvalue weighted by atomic mass is 10.0. The lowest BCUT2D eigenvalue weighted by Gasteiger charge is -2.14. The van der Waals surface area contributed by atoms with Crippen molar-refractivity contribution < 1.29 is 31.1 Å². The van der Waals surface area contributed by atoms with Gasteiger partial charge in [-0.15, -0.1) is 0 Å². The topological polar surface area (TPSA) is 59.8 Å². The molecule has 3 rings (SSSR count). The highest BCUT2D eigenvalue weighted by Gasteiger charge is 2.37. The Morgan fingerprint density at radius 3 is 2.03 bits per heavy atom. The van der Waals surface area contributed by atoms with E-state index >= 15 is 0 Å². The third-order valence-corrected chi connectivity index (χ3v) is 3.89. The van der Waals surface area contributed by atoms with Crippen LogP contribution in [0, 0.1) is 0 Å². The predicted octanol–water partition coefficient (Wildman–Crippen LogP) is 4.62. The number of carbonyl (C=O) groups excluding carboxylic acids is 1. The molecule has 0 aliphatic carbocycles. The number of halogens is 6. The number of benzene rings is 1. The third-order valence-electron chi connectivity index (χ3n) is 3.89. The van der Waals surface area contributed by atoms with Crippen LogP contribution in [0.5, 0.6) is 0 Å². The molecule has 152 valence electrons. The van der Waals surface area contributed by atoms with Crippen molar-refractivity contribution in [2.75, 3.05) is 5.32 Å². The molecule has 0 bridgehead atoms. The van der Waals surface area contributed by atoms with Crippen LogP contribution in [-0.2, 0) is 18.9 Å². The summed E-state index contributed by atoms with van der Waals surface area (Å²) < 4.78 is 79.1. The van der Waals surface area contributed by atoms with E-state index in [1.165, 1.54) is 16.9 Å². The molecule has 29 heavy (non-hydrogen) atoms. The number of hydrogen-bond donors (Lipinski definition) is 1. The number of nitrogens with one attached hydrogen (secondary N) is 1. The molecule has 0 fully saturated rings. The van der Waals surface area contributed by atoms with Crippen molar-refractivity contribution in [2.45, 2.75) is 18.9 Å². The van der Waals surface area contributed by atoms with Crippen molar-refractivity contribution in [3.63, 3.8) is 0 Å². The smallest absolute Gasteiger partial charge is 0.307 e. The van der Waals surface area contributed by atoms with Gasteiger partial charge in [-0.25, -0.2) is 4.68 Å². The fourth-order valence-electron chi connectivity index (χ4n) is 2.50. The Labute approximate surface area is 160 Å². The molecule has 0 unspecified atom stereocenters. The Morgan fingerprint density at radius 1 is 0.897 bits per heavy atom. The number of pyridine rings is 1. The zero-order valence-corrected chi connectivity index (χ0v) is 14.4. The molecule has 0 aliphatic rings. The predicted molar refractivity (Wildman–Crippen MR) is 90.0 cm³/mol. The van der Waals surface area contributed by atoms with Gasteiger partial charge < -0.3 is 5.32 Å². The third kappa shape index (κ3) is 4.92. The second-order valence-corrected chi connectivity index (χ2v) is 5.98. The van der Waals surface area contributed by atoms with Crippen LogP contribution < -0.4 is 5.32 Å². The summed E-state index contributed by atoms with van der Waals surface area (Å²) >= 11 is 0. The largest absolute Gasteiger partial charge is 0.416 e. The fraction of sp³-hybridized carbons (Fsp3) is 0.167. The first-order valence-electron chi connectivity index (χ1n) is 8.05. The van der Waals surface area contributed by atoms with Crippen molar-refractivity contribution >= 4 is 11.7 Å². The minimum Gasteiger partial charge on any atom is -0.307 e. The Hall–Kier alpha value is -3.37. The zero-order chi connectivity index (χ0) is 21.2. The lowest BCUT2D eigenvalue weighted by Crippen LogP contribution is -2.19. The van der Waals surface area contributed by atoms with Crippen molar-refractivity contribution in [2.24, 2.45) is 0 Å². The van der Waals surface area contributed by atoms with Gasteiger partial charge in [0.25, 0.3) is 5.91 Å². The monoisotopic (exact) mass is 414 g/mol. The second kappa shape index (κ2) is 7.57. The average molecular weight is 414 g/mol. The summed E-state index contributed by atoms with van der Waals surface area (Å²) in [5.41, 5.74) is -3.13. The zero-order valence-electron chi connectivity index (χ0n) is 14.4. The van der Waals surface area contributed by atoms with Crippen molar-refractivity contribution in [3.05, 3.63) is 77.2 Å². The van der Waals surface area contributed by atoms with E-state index in [0.29, 0.717) is 12.1 Å². The van der Waals surface area contributed by atoms with E-state index in [-0.39, 0.29) is 18.4 Å². The number of rotatable bonds is 4. The molecule has 0 saturated heterocycles. The molecule has 0 aliphatic heterocycles. The molecular formula is C18H12F6N4O. The van der Waals surface area contributed by atoms with Gasteiger partial charge in [-0.2, -0.15) is 31.4 Å². The summed E-state index contributed by atoms with van der Waals surface area (Å²) in [5.74, 6) is -1.02. The van der Waals surface area contributed by atoms with Crippen LogP contribution in [0.1, 0.15) is 27.0 Å². The highest BCUT2D eigenvalue weighted by atomic mass is 19.4. The molecule has 1 N–H and O–H groups in total. The molecule has 0 atom stereocenters. The van der Waals surface area contributed by atoms with Crippen molar-refractivity contribution in [1.82, 2.24) is 14.8 Å². The SMILES string of the molecule is O=C(Nc1ccnn1Cc1ccncc1)c1cc(C(F)(F)F)cc(C(F)(F)F)c1. The van der Waals surface area contributed by atoms with Crippen LogP contribution in [-0.4, -0.2) is 20.7 Å². The molecule has 11 heteroatoms. The van der Waals surface area contributed by atoms with E-state index in [9.17, 15) is 31.1 Å². The molecule has 0 saturated carbocycles. The highest BCUT2D eigenvalue weighted by molar-refractivity contribution is 6.04. The van der Waals surface area contributed by atoms with Gasteiger partial charge in [0.1, 0.15) is 5.82 Å². The van der Waals surface area contributed by atoms with Crippen LogP contribution in [0.15, 0.2) is 55.0 Å². The Balaban J connectivity index is 1.89. The Kier molecular flexibility index (Phi) is 5.31. The maximum atomic E-state index is 13.0. The molecule has 1 aromatic carbocycles. The summed E-state index contributed by atoms with van der Waals surface area (Å²) in [7, 11) is 0. The lowest BCUT2D eigenvalue weighted by molar-refractivity contribution is -0.143. The molecular weight excluding hydrogens is 402 g/mol. The highest BCUT2D eigenvalue weighted by Crippen LogP contribution is 2.36. The summed E-state index contributed by atoms with van der Waals surface area (Å²) in [6.07, 6.45) is -5.67. The summed E-state index contributed by atoms with van der Waals surface area (Å²) in [6.45, 7) is 0.210. The number of anilines is 1. The number of alkyl halides is 6. The maximum Gasteiger partial charge on any atom is 0.416 e. The summed E-state index contributed by atoms with van der Waals surface area (Å²) in [5, 5.41) is 6.29. The first-order chi connectivity index (χ1) is 13.5. The van der Waals surface area contributed by atoms with E-state index in [2.05, 4.69) is 15.4 Å². The molecule has 3 aromatic rings. The van der Waals surface area contributed by atoms with E-state index in [1.807, 2.05) is 0 Å². The van der Waals surface area contributed by atoms with Gasteiger partial charge >= 0.3 is 12.4 Å². The van der Waals surface area contributed by atoms with Gasteiger partial charge in [-0.3, -0.25) is 9.78 Å². The first kappa shape index (κ1) is 20.4. The minimum atomic E-state index is -5.04. The van der Waals surface area contributed by atoms with E-state index in [0.717, 1.165) is 5.56 Å². The number of aromatic nitrogens is 3. The first-order valence-corrected chi connectivity index (χ1v) is 8.05. The number of nitrogens with zero attached hydrogens (tertiary/aromatic N) is 3. The van der Waals surface area contributed by atoms with Gasteiger partial charge in [-0.05, 0) is 35.9 Å². The quantitative estimate of drug-likeness (QED) is 0.634. The molecule has 0 radical (unpaired) electrons. The fourth-order valence-corrected chi connectivity index (χ4v) is 2.50. The summed E-state index contributed by atoms with van der Waals surface area (Å²) in [4.78, 5) is 16.2. The van der Waals surface area contributed by atoms with Crippen LogP contribution in [0.2, 0.25) is 0 Å². The summed E-state index contributed by atoms with van der Waals surface area (Å²) in [6, 6.07) is 5.45. The average Bonchev–Trinajstić information content (AvgIpc) is 3.07. The second-order valence-electron chi connectivity index (χ2n) is 5.98. The van der Waals surface area contributed by atoms with Gasteiger partial charge in [0.05, 0.1) is 23.9 Å². The van der Waals surface area contributed by atoms with Crippen molar-refractivity contribution in [1.29, 1.82) is 0 Å². The van der Waals surface area contributed by atoms with Crippen molar-refractivity contribution in [3.8, 4) is 0 Å². The minimum absolute atomic E-state index is 0.0372. The van der Waals surface area contributed by atoms with Crippen LogP contribution in [0.4, 0.5) is 32.2 Å². The maximum absolute atomic E-state index is 13.0. The number of hydrogen-bond acceptors (Lipinski definition) is 3. The number of carbonyl (C=O) groups is 1. The van der Waals surface area contributed by atoms with Gasteiger partial charge in [0.15, 0.2) is 0 Å². The van der Waals surface area contributed by atoms with Crippen LogP contribution in [0.25, 0.3) is 0 Å². The normalized spacial score (nSPS) is 12.1. The van der Waals surface area contributed by atoms with Gasteiger partial charge in [-0.1, -0.05) is 0 Å². The molecule has 2 aromatic heterocycles. The van der Waals surface area contributed by atoms with E-state index in [1.54, 1.807) is 24.5 Å². The van der Waals surface area contributed by atoms with Gasteiger partial charge in [0.2, 0.25) is 0 Å². The standard InChI is InChI=1S/C18H12F6N4O/c19-17(20,21)13-7-12(8-14(9-13)18(22,23)24)16(29)27-15-3-6-26-28(15)10-11-1-4-25-5-2-11/h1-9H,10H2,(H,27,29). The van der Waals surface area contributed by atoms with Crippen LogP contribution in [0.3, 0.4) is 0 Å². The van der Waals surface area contributed by atoms with E-state index < -0.39 is 35.0 Å². The molecule has 2 heterocycles. The van der Waals surface area contributed by atoms with E-state index in [4.69, 9.17) is 0 Å².